The van der Waals surface area contributed by atoms with Crippen LogP contribution in [-0.2, 0) is 30.3 Å². The van der Waals surface area contributed by atoms with Gasteiger partial charge < -0.3 is 28.3 Å². The van der Waals surface area contributed by atoms with Crippen LogP contribution in [0.5, 0.6) is 5.75 Å². The van der Waals surface area contributed by atoms with Crippen molar-refractivity contribution >= 4 is 22.8 Å². The van der Waals surface area contributed by atoms with Crippen LogP contribution in [0.4, 0.5) is 0 Å². The number of carbonyl (C=O) groups is 2. The van der Waals surface area contributed by atoms with Gasteiger partial charge in [-0.15, -0.1) is 0 Å². The van der Waals surface area contributed by atoms with E-state index in [2.05, 4.69) is 10.6 Å². The molecule has 42 heavy (non-hydrogen) atoms. The molecule has 3 aliphatic rings. The molecule has 0 radical (unpaired) electrons. The quantitative estimate of drug-likeness (QED) is 0.308. The van der Waals surface area contributed by atoms with Crippen LogP contribution < -0.4 is 4.74 Å². The van der Waals surface area contributed by atoms with Crippen molar-refractivity contribution in [3.05, 3.63) is 53.1 Å². The predicted molar refractivity (Wildman–Crippen MR) is 159 cm³/mol. The second-order valence-corrected chi connectivity index (χ2v) is 13.3. The number of carbonyl (C=O) groups excluding carboxylic acids is 2. The molecule has 0 unspecified atom stereocenters. The molecule has 0 bridgehead atoms. The van der Waals surface area contributed by atoms with Gasteiger partial charge in [0.25, 0.3) is 0 Å². The third-order valence-electron chi connectivity index (χ3n) is 8.73. The third kappa shape index (κ3) is 4.69. The molecule has 2 fully saturated rings. The maximum absolute atomic E-state index is 13.8. The first-order valence-corrected chi connectivity index (χ1v) is 14.9. The summed E-state index contributed by atoms with van der Waals surface area (Å²) in [5.74, 6) is -0.945. The Balaban J connectivity index is 1.68. The maximum Gasteiger partial charge on any atom is 0.343 e. The highest BCUT2D eigenvalue weighted by Gasteiger charge is 2.62. The Hall–Kier alpha value is -3.36. The Morgan fingerprint density at radius 1 is 1.00 bits per heavy atom. The van der Waals surface area contributed by atoms with E-state index in [9.17, 15) is 9.59 Å². The number of methoxy groups -OCH3 is 2. The van der Waals surface area contributed by atoms with Crippen LogP contribution in [0.25, 0.3) is 22.2 Å². The first-order valence-electron chi connectivity index (χ1n) is 14.9. The third-order valence-corrected chi connectivity index (χ3v) is 8.73. The highest BCUT2D eigenvalue weighted by atomic mass is 16.8. The zero-order chi connectivity index (χ0) is 30.0. The molecular formula is C34H41NO7. The number of fused-ring (bicyclic) bond motifs is 7. The molecule has 3 aromatic rings. The molecule has 3 heterocycles. The Kier molecular flexibility index (Phi) is 6.93. The van der Waals surface area contributed by atoms with Crippen molar-refractivity contribution < 1.29 is 33.3 Å². The summed E-state index contributed by atoms with van der Waals surface area (Å²) in [5.41, 5.74) is 3.26. The van der Waals surface area contributed by atoms with Crippen molar-refractivity contribution in [1.82, 2.24) is 4.57 Å². The lowest BCUT2D eigenvalue weighted by Crippen LogP contribution is -2.48. The first-order chi connectivity index (χ1) is 19.9. The van der Waals surface area contributed by atoms with E-state index in [1.807, 2.05) is 65.0 Å². The number of ether oxygens (including phenoxy) is 5. The summed E-state index contributed by atoms with van der Waals surface area (Å²) in [5, 5.41) is 1.07. The zero-order valence-electron chi connectivity index (χ0n) is 25.7. The summed E-state index contributed by atoms with van der Waals surface area (Å²) in [7, 11) is 3.01. The van der Waals surface area contributed by atoms with Gasteiger partial charge in [0.05, 0.1) is 32.0 Å². The molecule has 6 rings (SSSR count). The van der Waals surface area contributed by atoms with E-state index in [4.69, 9.17) is 23.7 Å². The van der Waals surface area contributed by atoms with Crippen molar-refractivity contribution in [2.24, 2.45) is 0 Å². The van der Waals surface area contributed by atoms with Crippen molar-refractivity contribution in [3.8, 4) is 17.0 Å². The van der Waals surface area contributed by atoms with E-state index in [1.54, 1.807) is 7.11 Å². The Labute approximate surface area is 247 Å². The van der Waals surface area contributed by atoms with Crippen LogP contribution in [0.3, 0.4) is 0 Å². The number of aromatic nitrogens is 1. The number of rotatable bonds is 4. The minimum absolute atomic E-state index is 0.154. The molecule has 224 valence electrons. The van der Waals surface area contributed by atoms with Crippen LogP contribution in [0.2, 0.25) is 0 Å². The van der Waals surface area contributed by atoms with Crippen molar-refractivity contribution in [3.63, 3.8) is 0 Å². The van der Waals surface area contributed by atoms with Crippen LogP contribution in [0.15, 0.2) is 36.4 Å². The summed E-state index contributed by atoms with van der Waals surface area (Å²) in [6.07, 6.45) is 4.97. The zero-order valence-corrected chi connectivity index (χ0v) is 25.7. The fourth-order valence-corrected chi connectivity index (χ4v) is 7.15. The number of esters is 2. The largest absolute Gasteiger partial charge is 0.497 e. The fraction of sp³-hybridized carbons (Fsp3) is 0.529. The van der Waals surface area contributed by atoms with Crippen molar-refractivity contribution in [1.29, 1.82) is 0 Å². The second kappa shape index (κ2) is 10.1. The number of nitrogens with zero attached hydrogens (tertiary/aromatic N) is 1. The van der Waals surface area contributed by atoms with Gasteiger partial charge in [-0.3, -0.25) is 0 Å². The van der Waals surface area contributed by atoms with Crippen molar-refractivity contribution in [2.75, 3.05) is 14.2 Å². The SMILES string of the molecule is COC(=O)[C@@]12Cn3c(c(C4CCCCC4)c4ccc(C(=O)OC(C)(C)C)cc43)-c3ccc(OC)cc3[C@@H]1OC(C)(C)O2. The molecule has 1 aromatic heterocycles. The summed E-state index contributed by atoms with van der Waals surface area (Å²) in [6, 6.07) is 11.8. The van der Waals surface area contributed by atoms with E-state index in [1.165, 1.54) is 19.1 Å². The Morgan fingerprint density at radius 3 is 2.40 bits per heavy atom. The molecular weight excluding hydrogens is 534 g/mol. The monoisotopic (exact) mass is 575 g/mol. The van der Waals surface area contributed by atoms with E-state index in [0.29, 0.717) is 17.2 Å². The number of hydrogen-bond donors (Lipinski definition) is 0. The average molecular weight is 576 g/mol. The van der Waals surface area contributed by atoms with Crippen LogP contribution >= 0.6 is 0 Å². The molecule has 1 saturated heterocycles. The average Bonchev–Trinajstić information content (AvgIpc) is 3.38. The van der Waals surface area contributed by atoms with Gasteiger partial charge in [-0.2, -0.15) is 0 Å². The summed E-state index contributed by atoms with van der Waals surface area (Å²) >= 11 is 0. The molecule has 2 atom stereocenters. The summed E-state index contributed by atoms with van der Waals surface area (Å²) in [4.78, 5) is 27.1. The molecule has 8 nitrogen and oxygen atoms in total. The molecule has 2 aromatic carbocycles. The van der Waals surface area contributed by atoms with Gasteiger partial charge in [0.2, 0.25) is 5.60 Å². The lowest BCUT2D eigenvalue weighted by Gasteiger charge is -2.30. The van der Waals surface area contributed by atoms with Gasteiger partial charge in [0, 0.05) is 16.5 Å². The normalized spacial score (nSPS) is 23.5. The van der Waals surface area contributed by atoms with E-state index in [0.717, 1.165) is 53.4 Å². The highest BCUT2D eigenvalue weighted by Crippen LogP contribution is 2.55. The number of hydrogen-bond acceptors (Lipinski definition) is 7. The molecule has 1 saturated carbocycles. The summed E-state index contributed by atoms with van der Waals surface area (Å²) in [6.45, 7) is 9.36. The van der Waals surface area contributed by atoms with Crippen LogP contribution in [0, 0.1) is 0 Å². The molecule has 0 amide bonds. The van der Waals surface area contributed by atoms with E-state index in [-0.39, 0.29) is 12.5 Å². The summed E-state index contributed by atoms with van der Waals surface area (Å²) < 4.78 is 32.0. The standard InChI is InChI=1S/C34H41NO7/c1-32(2,3)41-30(36)21-13-15-24-26(17-21)35-19-34(31(37)39-7)29(40-33(4,5)42-34)25-18-22(38-6)14-16-23(25)28(35)27(24)20-11-9-8-10-12-20/h13-18,20,29H,8-12,19H2,1-7H3/t29-,34+/m0/s1. The van der Waals surface area contributed by atoms with Crippen LogP contribution in [-0.4, -0.2) is 47.7 Å². The van der Waals surface area contributed by atoms with Crippen LogP contribution in [0.1, 0.15) is 100 Å². The van der Waals surface area contributed by atoms with E-state index < -0.39 is 29.1 Å². The van der Waals surface area contributed by atoms with Gasteiger partial charge in [-0.1, -0.05) is 25.3 Å². The maximum atomic E-state index is 13.8. The molecule has 1 aliphatic carbocycles. The highest BCUT2D eigenvalue weighted by molar-refractivity contribution is 6.00. The minimum atomic E-state index is -1.47. The van der Waals surface area contributed by atoms with Gasteiger partial charge in [-0.05, 0) is 94.8 Å². The lowest BCUT2D eigenvalue weighted by molar-refractivity contribution is -0.189. The molecule has 0 N–H and O–H groups in total. The topological polar surface area (TPSA) is 85.2 Å². The molecule has 2 aliphatic heterocycles. The number of benzene rings is 2. The minimum Gasteiger partial charge on any atom is -0.497 e. The molecule has 8 heteroatoms. The van der Waals surface area contributed by atoms with Crippen molar-refractivity contribution in [2.45, 2.75) is 102 Å². The van der Waals surface area contributed by atoms with Gasteiger partial charge in [-0.25, -0.2) is 9.59 Å². The second-order valence-electron chi connectivity index (χ2n) is 13.3. The first kappa shape index (κ1) is 28.7. The Bertz CT molecular complexity index is 1560. The van der Waals surface area contributed by atoms with Gasteiger partial charge in [0.1, 0.15) is 17.5 Å². The van der Waals surface area contributed by atoms with Gasteiger partial charge >= 0.3 is 11.9 Å². The fourth-order valence-electron chi connectivity index (χ4n) is 7.15. The smallest absolute Gasteiger partial charge is 0.343 e. The van der Waals surface area contributed by atoms with Gasteiger partial charge in [0.15, 0.2) is 5.79 Å². The predicted octanol–water partition coefficient (Wildman–Crippen LogP) is 7.07. The lowest BCUT2D eigenvalue weighted by atomic mass is 9.81. The van der Waals surface area contributed by atoms with E-state index >= 15 is 0 Å². The molecule has 0 spiro atoms. The Morgan fingerprint density at radius 2 is 1.74 bits per heavy atom.